The molecule has 5 saturated heterocycles. The highest BCUT2D eigenvalue weighted by atomic mass is 19.3. The molecule has 1 aliphatic carbocycles. The SMILES string of the molecule is CN=CC(=CN)C1=CC2CCCN(C(=N)C3CN(C(C)=O)CCC3NC3CCN(C(=O)CCN4CCN(CC(=O)Nc5cccc(NC6CCC(=O)NC6=O)c5)CC4)CC3)C2C=C1C(F)F. The Morgan fingerprint density at radius 1 is 0.955 bits per heavy atom. The number of likely N-dealkylation sites (tertiary alicyclic amines) is 3. The van der Waals surface area contributed by atoms with E-state index in [2.05, 4.69) is 36.1 Å². The summed E-state index contributed by atoms with van der Waals surface area (Å²) in [5, 5.41) is 21.9. The maximum Gasteiger partial charge on any atom is 0.264 e. The van der Waals surface area contributed by atoms with Gasteiger partial charge in [-0.25, -0.2) is 8.78 Å². The lowest BCUT2D eigenvalue weighted by molar-refractivity contribution is -0.134. The van der Waals surface area contributed by atoms with Crippen LogP contribution in [0.1, 0.15) is 58.3 Å². The number of carbonyl (C=O) groups is 5. The van der Waals surface area contributed by atoms with Crippen molar-refractivity contribution in [3.8, 4) is 0 Å². The molecule has 5 aliphatic heterocycles. The fourth-order valence-electron chi connectivity index (χ4n) is 10.3. The van der Waals surface area contributed by atoms with Gasteiger partial charge in [-0.1, -0.05) is 18.2 Å². The Kier molecular flexibility index (Phi) is 16.4. The second-order valence-electron chi connectivity index (χ2n) is 18.3. The second-order valence-corrected chi connectivity index (χ2v) is 18.3. The third-order valence-electron chi connectivity index (χ3n) is 14.0. The van der Waals surface area contributed by atoms with Crippen molar-refractivity contribution in [2.75, 3.05) is 89.7 Å². The number of benzene rings is 1. The van der Waals surface area contributed by atoms with E-state index < -0.39 is 18.5 Å². The lowest BCUT2D eigenvalue weighted by atomic mass is 9.78. The number of amides is 5. The highest BCUT2D eigenvalue weighted by molar-refractivity contribution is 6.01. The number of nitrogens with two attached hydrogens (primary N) is 1. The quantitative estimate of drug-likeness (QED) is 0.0907. The summed E-state index contributed by atoms with van der Waals surface area (Å²) in [6.07, 6.45) is 8.43. The maximum absolute atomic E-state index is 14.6. The molecule has 6 aliphatic rings. The van der Waals surface area contributed by atoms with Gasteiger partial charge < -0.3 is 41.3 Å². The molecule has 0 radical (unpaired) electrons. The molecule has 5 unspecified atom stereocenters. The van der Waals surface area contributed by atoms with Gasteiger partial charge in [0.15, 0.2) is 0 Å². The summed E-state index contributed by atoms with van der Waals surface area (Å²) >= 11 is 0. The number of carbonyl (C=O) groups excluding carboxylic acids is 5. The fraction of sp³-hybridized carbons (Fsp3) is 0.596. The molecule has 5 atom stereocenters. The van der Waals surface area contributed by atoms with Crippen LogP contribution in [0.5, 0.6) is 0 Å². The van der Waals surface area contributed by atoms with E-state index in [1.807, 2.05) is 21.9 Å². The Balaban J connectivity index is 0.852. The Hall–Kier alpha value is -5.53. The monoisotopic (exact) mass is 917 g/mol. The maximum atomic E-state index is 14.6. The number of anilines is 2. The number of fused-ring (bicyclic) bond motifs is 1. The molecule has 0 aromatic heterocycles. The topological polar surface area (TPSA) is 212 Å². The van der Waals surface area contributed by atoms with Crippen molar-refractivity contribution in [1.82, 2.24) is 35.1 Å². The van der Waals surface area contributed by atoms with Crippen molar-refractivity contribution in [2.45, 2.75) is 88.9 Å². The number of hydrogen-bond donors (Lipinski definition) is 6. The number of nitrogens with one attached hydrogen (secondary N) is 5. The number of alkyl halides is 2. The Morgan fingerprint density at radius 3 is 2.38 bits per heavy atom. The number of aliphatic imine (C=N–C) groups is 1. The smallest absolute Gasteiger partial charge is 0.264 e. The number of rotatable bonds is 14. The van der Waals surface area contributed by atoms with E-state index in [9.17, 15) is 38.2 Å². The largest absolute Gasteiger partial charge is 0.404 e. The number of amidine groups is 1. The lowest BCUT2D eigenvalue weighted by Crippen LogP contribution is -2.61. The molecule has 7 rings (SSSR count). The van der Waals surface area contributed by atoms with Gasteiger partial charge in [-0.15, -0.1) is 0 Å². The highest BCUT2D eigenvalue weighted by Gasteiger charge is 2.42. The molecule has 19 heteroatoms. The van der Waals surface area contributed by atoms with E-state index in [0.717, 1.165) is 38.8 Å². The zero-order chi connectivity index (χ0) is 46.9. The highest BCUT2D eigenvalue weighted by Crippen LogP contribution is 2.39. The molecule has 0 saturated carbocycles. The van der Waals surface area contributed by atoms with E-state index in [4.69, 9.17) is 5.73 Å². The average Bonchev–Trinajstić information content (AvgIpc) is 3.30. The average molecular weight is 917 g/mol. The van der Waals surface area contributed by atoms with E-state index >= 15 is 0 Å². The number of piperazine rings is 1. The van der Waals surface area contributed by atoms with Crippen molar-refractivity contribution in [3.05, 3.63) is 59.3 Å². The van der Waals surface area contributed by atoms with Gasteiger partial charge in [0.2, 0.25) is 29.5 Å². The Morgan fingerprint density at radius 2 is 1.68 bits per heavy atom. The lowest BCUT2D eigenvalue weighted by Gasteiger charge is -2.48. The van der Waals surface area contributed by atoms with Gasteiger partial charge in [0, 0.05) is 151 Å². The predicted octanol–water partition coefficient (Wildman–Crippen LogP) is 2.40. The first kappa shape index (κ1) is 48.4. The van der Waals surface area contributed by atoms with Crippen LogP contribution in [0, 0.1) is 17.2 Å². The van der Waals surface area contributed by atoms with Gasteiger partial charge in [-0.3, -0.25) is 44.6 Å². The third-order valence-corrected chi connectivity index (χ3v) is 14.0. The van der Waals surface area contributed by atoms with Crippen LogP contribution in [0.25, 0.3) is 0 Å². The number of piperidine rings is 4. The minimum absolute atomic E-state index is 0.0502. The summed E-state index contributed by atoms with van der Waals surface area (Å²) < 4.78 is 29.2. The van der Waals surface area contributed by atoms with Crippen LogP contribution in [-0.2, 0) is 24.0 Å². The van der Waals surface area contributed by atoms with E-state index in [0.29, 0.717) is 100.0 Å². The van der Waals surface area contributed by atoms with E-state index in [1.165, 1.54) is 12.4 Å². The van der Waals surface area contributed by atoms with Gasteiger partial charge >= 0.3 is 0 Å². The van der Waals surface area contributed by atoms with Crippen molar-refractivity contribution < 1.29 is 32.8 Å². The van der Waals surface area contributed by atoms with Crippen LogP contribution in [0.2, 0.25) is 0 Å². The van der Waals surface area contributed by atoms with Crippen LogP contribution < -0.4 is 27.0 Å². The summed E-state index contributed by atoms with van der Waals surface area (Å²) in [6, 6.07) is 6.27. The summed E-state index contributed by atoms with van der Waals surface area (Å²) in [7, 11) is 1.57. The number of imide groups is 1. The number of allylic oxidation sites excluding steroid dienone is 3. The first-order valence-electron chi connectivity index (χ1n) is 23.5. The summed E-state index contributed by atoms with van der Waals surface area (Å²) in [5.41, 5.74) is 7.85. The summed E-state index contributed by atoms with van der Waals surface area (Å²) in [4.78, 5) is 76.7. The van der Waals surface area contributed by atoms with Crippen molar-refractivity contribution in [1.29, 1.82) is 5.41 Å². The summed E-state index contributed by atoms with van der Waals surface area (Å²) in [6.45, 7) is 8.07. The normalized spacial score (nSPS) is 26.2. The molecule has 1 aromatic rings. The standard InChI is InChI=1S/C47H66F2N12O5/c1-30(62)60-18-12-39(38(28-60)46(51)61-14-4-5-31-23-36(32(26-50)27-52-2)37(45(48)49)25-41(31)61)53-33-10-16-59(17-11-33)44(65)13-15-57-19-21-58(22-20-57)29-43(64)55-35-7-3-6-34(24-35)54-40-8-9-42(63)56-47(40)66/h3,6-7,23-27,31,33,38-41,45,51,53-54H,4-5,8-22,28-29,50H2,1-2H3,(H,55,64)(H,56,63,66). The van der Waals surface area contributed by atoms with Crippen molar-refractivity contribution in [2.24, 2.45) is 22.6 Å². The minimum Gasteiger partial charge on any atom is -0.404 e. The van der Waals surface area contributed by atoms with Gasteiger partial charge in [0.25, 0.3) is 6.43 Å². The molecule has 5 fully saturated rings. The molecular formula is C47H66F2N12O5. The van der Waals surface area contributed by atoms with Crippen molar-refractivity contribution >= 4 is 53.0 Å². The molecule has 0 bridgehead atoms. The molecule has 358 valence electrons. The van der Waals surface area contributed by atoms with Crippen LogP contribution in [0.3, 0.4) is 0 Å². The van der Waals surface area contributed by atoms with Crippen molar-refractivity contribution in [3.63, 3.8) is 0 Å². The molecule has 5 heterocycles. The van der Waals surface area contributed by atoms with Gasteiger partial charge in [-0.2, -0.15) is 0 Å². The molecule has 0 spiro atoms. The van der Waals surface area contributed by atoms with E-state index in [-0.39, 0.29) is 72.0 Å². The van der Waals surface area contributed by atoms with Crippen LogP contribution >= 0.6 is 0 Å². The molecular weight excluding hydrogens is 851 g/mol. The van der Waals surface area contributed by atoms with E-state index in [1.54, 1.807) is 43.1 Å². The molecule has 7 N–H and O–H groups in total. The van der Waals surface area contributed by atoms with Gasteiger partial charge in [-0.05, 0) is 62.3 Å². The Bertz CT molecular complexity index is 2100. The molecule has 66 heavy (non-hydrogen) atoms. The minimum atomic E-state index is -2.73. The zero-order valence-corrected chi connectivity index (χ0v) is 38.2. The number of nitrogens with zero attached hydrogens (tertiary/aromatic N) is 6. The molecule has 1 aromatic carbocycles. The first-order chi connectivity index (χ1) is 31.8. The zero-order valence-electron chi connectivity index (χ0n) is 38.2. The number of halogens is 2. The Labute approximate surface area is 385 Å². The fourth-order valence-corrected chi connectivity index (χ4v) is 10.3. The number of hydrogen-bond acceptors (Lipinski definition) is 12. The van der Waals surface area contributed by atoms with Gasteiger partial charge in [0.05, 0.1) is 12.6 Å². The van der Waals surface area contributed by atoms with Crippen LogP contribution in [0.15, 0.2) is 64.3 Å². The predicted molar refractivity (Wildman–Crippen MR) is 249 cm³/mol. The molecule has 17 nitrogen and oxygen atoms in total. The summed E-state index contributed by atoms with van der Waals surface area (Å²) in [5.74, 6) is -0.760. The first-order valence-corrected chi connectivity index (χ1v) is 23.5. The van der Waals surface area contributed by atoms with Crippen LogP contribution in [-0.4, -0.2) is 176 Å². The second kappa shape index (κ2) is 22.3. The van der Waals surface area contributed by atoms with Gasteiger partial charge in [0.1, 0.15) is 11.9 Å². The van der Waals surface area contributed by atoms with Crippen LogP contribution in [0.4, 0.5) is 20.2 Å². The third kappa shape index (κ3) is 12.1. The molecule has 5 amide bonds.